The number of nitrogens with one attached hydrogen (secondary N) is 1. The number of carbonyl (C=O) groups is 3. The fourth-order valence-corrected chi connectivity index (χ4v) is 12.9. The molecule has 0 radical (unpaired) electrons. The van der Waals surface area contributed by atoms with E-state index in [1.54, 1.807) is 16.9 Å². The maximum Gasteiger partial charge on any atom is 0.264 e. The normalized spacial score (nSPS) is 27.5. The van der Waals surface area contributed by atoms with Crippen molar-refractivity contribution in [3.05, 3.63) is 83.9 Å². The Morgan fingerprint density at radius 2 is 1.73 bits per heavy atom. The average Bonchev–Trinajstić information content (AvgIpc) is 3.92. The molecule has 5 atom stereocenters. The van der Waals surface area contributed by atoms with E-state index in [9.17, 15) is 19.5 Å². The van der Waals surface area contributed by atoms with E-state index >= 15 is 4.79 Å². The highest BCUT2D eigenvalue weighted by molar-refractivity contribution is 6.71. The number of hydrogen-bond acceptors (Lipinski definition) is 9. The molecule has 4 saturated heterocycles. The minimum atomic E-state index is -3.00. The van der Waals surface area contributed by atoms with Crippen LogP contribution in [0.15, 0.2) is 72.8 Å². The van der Waals surface area contributed by atoms with Gasteiger partial charge in [-0.05, 0) is 99.9 Å². The van der Waals surface area contributed by atoms with E-state index in [2.05, 4.69) is 22.3 Å². The SMILES string of the molecule is COc1ccc2c(c1)[C@@]1(O[C@H](CC(=O)N3CCC[C@H]3CO)[C@@H]([Si](C)(C)O)[C@@H]1C)C(=O)N2Cc1ccc(N2CN(c3ccccc3)C3(CCNCC3)C2=O)cc1. The van der Waals surface area contributed by atoms with Crippen LogP contribution in [0, 0.1) is 5.92 Å². The quantitative estimate of drug-likeness (QED) is 0.272. The topological polar surface area (TPSA) is 135 Å². The van der Waals surface area contributed by atoms with Crippen LogP contribution in [0.5, 0.6) is 5.75 Å². The lowest BCUT2D eigenvalue weighted by Crippen LogP contribution is -2.55. The van der Waals surface area contributed by atoms with Crippen molar-refractivity contribution in [1.29, 1.82) is 0 Å². The molecule has 12 nitrogen and oxygen atoms in total. The van der Waals surface area contributed by atoms with Crippen molar-refractivity contribution in [2.45, 2.75) is 87.5 Å². The standard InChI is InChI=1S/C42H53N5O7Si/c1-28-38(55(3,4)52)36(24-37(49)44-22-8-11-32(44)26-48)54-42(28)34-23-33(53-2)16-17-35(34)45(40(42)51)25-29-12-14-30(15-13-29)46-27-47(31-9-6-5-7-10-31)41(39(46)50)18-20-43-21-19-41/h5-7,9-10,12-17,23,28,32,36,38,43,48,52H,8,11,18-22,24-27H2,1-4H3/t28-,32-,36+,38-,42+/m0/s1. The molecule has 0 unspecified atom stereocenters. The Kier molecular flexibility index (Phi) is 9.82. The lowest BCUT2D eigenvalue weighted by Gasteiger charge is -2.39. The molecule has 5 aliphatic heterocycles. The van der Waals surface area contributed by atoms with Crippen LogP contribution >= 0.6 is 0 Å². The number of fused-ring (bicyclic) bond motifs is 2. The van der Waals surface area contributed by atoms with Crippen molar-refractivity contribution < 1.29 is 33.8 Å². The number of aliphatic hydroxyl groups is 1. The summed E-state index contributed by atoms with van der Waals surface area (Å²) in [5.41, 5.74) is 1.64. The minimum Gasteiger partial charge on any atom is -0.497 e. The zero-order valence-electron chi connectivity index (χ0n) is 32.2. The van der Waals surface area contributed by atoms with Crippen LogP contribution in [0.2, 0.25) is 18.6 Å². The third-order valence-electron chi connectivity index (χ3n) is 13.0. The first-order valence-electron chi connectivity index (χ1n) is 19.7. The summed E-state index contributed by atoms with van der Waals surface area (Å²) in [5.74, 6) is -0.116. The highest BCUT2D eigenvalue weighted by atomic mass is 28.4. The molecule has 2 spiro atoms. The smallest absolute Gasteiger partial charge is 0.264 e. The van der Waals surface area contributed by atoms with Crippen LogP contribution < -0.4 is 24.8 Å². The molecule has 55 heavy (non-hydrogen) atoms. The summed E-state index contributed by atoms with van der Waals surface area (Å²) in [5, 5.41) is 13.3. The zero-order valence-corrected chi connectivity index (χ0v) is 33.2. The second-order valence-electron chi connectivity index (χ2n) is 16.5. The molecular weight excluding hydrogens is 715 g/mol. The molecule has 0 aliphatic carbocycles. The van der Waals surface area contributed by atoms with Crippen LogP contribution in [0.3, 0.4) is 0 Å². The third kappa shape index (κ3) is 6.15. The number of nitrogens with zero attached hydrogens (tertiary/aromatic N) is 4. The summed E-state index contributed by atoms with van der Waals surface area (Å²) in [6, 6.07) is 23.4. The number of anilines is 3. The maximum absolute atomic E-state index is 15.0. The fourth-order valence-electron chi connectivity index (χ4n) is 10.3. The van der Waals surface area contributed by atoms with Gasteiger partial charge >= 0.3 is 0 Å². The third-order valence-corrected chi connectivity index (χ3v) is 15.5. The van der Waals surface area contributed by atoms with Crippen molar-refractivity contribution >= 4 is 43.1 Å². The molecule has 3 amide bonds. The number of para-hydroxylation sites is 1. The lowest BCUT2D eigenvalue weighted by atomic mass is 9.82. The van der Waals surface area contributed by atoms with Crippen LogP contribution in [0.4, 0.5) is 17.1 Å². The molecule has 5 aliphatic rings. The number of piperidine rings is 1. The van der Waals surface area contributed by atoms with E-state index in [1.807, 2.05) is 85.6 Å². The van der Waals surface area contributed by atoms with Gasteiger partial charge in [-0.3, -0.25) is 19.3 Å². The largest absolute Gasteiger partial charge is 0.497 e. The molecule has 3 aromatic rings. The summed E-state index contributed by atoms with van der Waals surface area (Å²) in [7, 11) is -1.41. The van der Waals surface area contributed by atoms with Gasteiger partial charge in [0.15, 0.2) is 13.9 Å². The molecule has 292 valence electrons. The Bertz CT molecular complexity index is 1930. The van der Waals surface area contributed by atoms with Crippen molar-refractivity contribution in [2.24, 2.45) is 5.92 Å². The number of aliphatic hydroxyl groups excluding tert-OH is 1. The number of hydrogen-bond donors (Lipinski definition) is 3. The molecule has 3 N–H and O–H groups in total. The summed E-state index contributed by atoms with van der Waals surface area (Å²) in [4.78, 5) is 62.3. The molecule has 4 fully saturated rings. The van der Waals surface area contributed by atoms with E-state index in [4.69, 9.17) is 9.47 Å². The molecule has 0 aromatic heterocycles. The van der Waals surface area contributed by atoms with E-state index in [0.717, 1.165) is 55.7 Å². The molecular formula is C42H53N5O7Si. The van der Waals surface area contributed by atoms with Gasteiger partial charge in [0.25, 0.3) is 11.8 Å². The Labute approximate surface area is 324 Å². The molecule has 8 rings (SSSR count). The summed E-state index contributed by atoms with van der Waals surface area (Å²) in [6.07, 6.45) is 2.37. The van der Waals surface area contributed by atoms with E-state index in [1.165, 1.54) is 0 Å². The van der Waals surface area contributed by atoms with Crippen LogP contribution in [-0.2, 0) is 31.3 Å². The van der Waals surface area contributed by atoms with Crippen molar-refractivity contribution in [3.63, 3.8) is 0 Å². The van der Waals surface area contributed by atoms with Crippen molar-refractivity contribution in [1.82, 2.24) is 10.2 Å². The summed E-state index contributed by atoms with van der Waals surface area (Å²) >= 11 is 0. The van der Waals surface area contributed by atoms with Gasteiger partial charge in [0, 0.05) is 34.9 Å². The Hall–Kier alpha value is -4.27. The summed E-state index contributed by atoms with van der Waals surface area (Å²) < 4.78 is 12.6. The predicted octanol–water partition coefficient (Wildman–Crippen LogP) is 4.35. The van der Waals surface area contributed by atoms with Gasteiger partial charge in [-0.25, -0.2) is 0 Å². The molecule has 0 saturated carbocycles. The van der Waals surface area contributed by atoms with Gasteiger partial charge in [0.05, 0.1) is 51.2 Å². The minimum absolute atomic E-state index is 0.0208. The molecule has 13 heteroatoms. The number of carbonyl (C=O) groups excluding carboxylic acids is 3. The van der Waals surface area contributed by atoms with E-state index in [-0.39, 0.29) is 43.3 Å². The predicted molar refractivity (Wildman–Crippen MR) is 212 cm³/mol. The first-order chi connectivity index (χ1) is 26.4. The van der Waals surface area contributed by atoms with Gasteiger partial charge in [-0.2, -0.15) is 0 Å². The number of methoxy groups -OCH3 is 1. The molecule has 5 heterocycles. The Balaban J connectivity index is 1.08. The number of rotatable bonds is 9. The van der Waals surface area contributed by atoms with Gasteiger partial charge in [-0.1, -0.05) is 37.3 Å². The van der Waals surface area contributed by atoms with Gasteiger partial charge < -0.3 is 39.4 Å². The number of likely N-dealkylation sites (tertiary alicyclic amines) is 1. The van der Waals surface area contributed by atoms with Gasteiger partial charge in [-0.15, -0.1) is 0 Å². The van der Waals surface area contributed by atoms with Crippen molar-refractivity contribution in [3.8, 4) is 5.75 Å². The van der Waals surface area contributed by atoms with Crippen molar-refractivity contribution in [2.75, 3.05) is 54.7 Å². The Morgan fingerprint density at radius 3 is 2.40 bits per heavy atom. The first-order valence-corrected chi connectivity index (χ1v) is 22.7. The lowest BCUT2D eigenvalue weighted by molar-refractivity contribution is -0.150. The highest BCUT2D eigenvalue weighted by Crippen LogP contribution is 2.60. The molecule has 0 bridgehead atoms. The number of benzene rings is 3. The molecule has 3 aromatic carbocycles. The average molecular weight is 768 g/mol. The summed E-state index contributed by atoms with van der Waals surface area (Å²) in [6.45, 7) is 8.41. The highest BCUT2D eigenvalue weighted by Gasteiger charge is 2.66. The van der Waals surface area contributed by atoms with Gasteiger partial charge in [0.2, 0.25) is 5.91 Å². The monoisotopic (exact) mass is 767 g/mol. The van der Waals surface area contributed by atoms with Crippen LogP contribution in [-0.4, -0.2) is 98.5 Å². The maximum atomic E-state index is 15.0. The number of ether oxygens (including phenoxy) is 2. The van der Waals surface area contributed by atoms with Crippen LogP contribution in [0.25, 0.3) is 0 Å². The van der Waals surface area contributed by atoms with E-state index < -0.39 is 37.0 Å². The second-order valence-corrected chi connectivity index (χ2v) is 20.5. The van der Waals surface area contributed by atoms with Gasteiger partial charge in [0.1, 0.15) is 11.3 Å². The zero-order chi connectivity index (χ0) is 38.7. The number of amides is 3. The first kappa shape index (κ1) is 37.6. The second kappa shape index (κ2) is 14.3. The van der Waals surface area contributed by atoms with E-state index in [0.29, 0.717) is 30.2 Å². The van der Waals surface area contributed by atoms with Crippen LogP contribution in [0.1, 0.15) is 50.2 Å². The Morgan fingerprint density at radius 1 is 1.00 bits per heavy atom. The fraction of sp³-hybridized carbons (Fsp3) is 0.500.